The second-order valence-electron chi connectivity index (χ2n) is 6.59. The van der Waals surface area contributed by atoms with Crippen LogP contribution in [0.2, 0.25) is 0 Å². The summed E-state index contributed by atoms with van der Waals surface area (Å²) in [5.41, 5.74) is 0.876. The minimum absolute atomic E-state index is 0.205. The third kappa shape index (κ3) is 3.80. The first-order chi connectivity index (χ1) is 11.2. The molecule has 1 aromatic rings. The van der Waals surface area contributed by atoms with Gasteiger partial charge in [0.05, 0.1) is 6.61 Å². The fourth-order valence-electron chi connectivity index (χ4n) is 4.42. The Morgan fingerprint density at radius 3 is 2.74 bits per heavy atom. The number of benzene rings is 1. The summed E-state index contributed by atoms with van der Waals surface area (Å²) in [5, 5.41) is 0. The predicted octanol–water partition coefficient (Wildman–Crippen LogP) is 4.98. The molecule has 0 aromatic heterocycles. The summed E-state index contributed by atoms with van der Waals surface area (Å²) >= 11 is 6.89. The van der Waals surface area contributed by atoms with Crippen molar-refractivity contribution in [1.29, 1.82) is 0 Å². The zero-order chi connectivity index (χ0) is 16.2. The molecule has 0 heterocycles. The quantitative estimate of drug-likeness (QED) is 0.554. The van der Waals surface area contributed by atoms with Gasteiger partial charge in [0.15, 0.2) is 5.78 Å². The Labute approximate surface area is 148 Å². The average molecular weight is 349 g/mol. The standard InChI is InChI=1S/C19H24O2S2/c1-2-21-19(22)23-12-14-11-17(16-10-6-9-15(14)16)18(20)13-7-4-3-5-8-13/h3-5,7-8,14-17H,2,6,9-12H2,1H3. The predicted molar refractivity (Wildman–Crippen MR) is 99.9 cm³/mol. The molecule has 3 rings (SSSR count). The van der Waals surface area contributed by atoms with Crippen molar-refractivity contribution in [3.05, 3.63) is 35.9 Å². The van der Waals surface area contributed by atoms with E-state index in [9.17, 15) is 4.79 Å². The minimum Gasteiger partial charge on any atom is -0.479 e. The van der Waals surface area contributed by atoms with E-state index in [4.69, 9.17) is 17.0 Å². The fraction of sp³-hybridized carbons (Fsp3) is 0.579. The number of hydrogen-bond acceptors (Lipinski definition) is 4. The van der Waals surface area contributed by atoms with E-state index in [0.717, 1.165) is 17.7 Å². The lowest BCUT2D eigenvalue weighted by Gasteiger charge is -2.18. The Morgan fingerprint density at radius 1 is 1.26 bits per heavy atom. The number of fused-ring (bicyclic) bond motifs is 1. The van der Waals surface area contributed by atoms with Crippen LogP contribution in [0.5, 0.6) is 0 Å². The number of Topliss-reactive ketones (excluding diaryl/α,β-unsaturated/α-hetero) is 1. The van der Waals surface area contributed by atoms with E-state index in [0.29, 0.717) is 34.5 Å². The molecule has 0 aliphatic heterocycles. The Balaban J connectivity index is 1.66. The lowest BCUT2D eigenvalue weighted by Crippen LogP contribution is -2.19. The number of ketones is 1. The van der Waals surface area contributed by atoms with Gasteiger partial charge in [0.1, 0.15) is 0 Å². The van der Waals surface area contributed by atoms with Crippen LogP contribution in [0.15, 0.2) is 30.3 Å². The molecule has 2 aliphatic rings. The van der Waals surface area contributed by atoms with Crippen LogP contribution in [-0.2, 0) is 4.74 Å². The van der Waals surface area contributed by atoms with Crippen LogP contribution < -0.4 is 0 Å². The third-order valence-corrected chi connectivity index (χ3v) is 6.80. The van der Waals surface area contributed by atoms with Crippen LogP contribution in [0.3, 0.4) is 0 Å². The molecule has 2 saturated carbocycles. The van der Waals surface area contributed by atoms with Gasteiger partial charge in [0, 0.05) is 17.2 Å². The smallest absolute Gasteiger partial charge is 0.219 e. The Hall–Kier alpha value is -0.870. The van der Waals surface area contributed by atoms with E-state index in [1.54, 1.807) is 11.8 Å². The van der Waals surface area contributed by atoms with Gasteiger partial charge in [-0.3, -0.25) is 4.79 Å². The largest absolute Gasteiger partial charge is 0.479 e. The molecule has 4 heteroatoms. The molecule has 23 heavy (non-hydrogen) atoms. The monoisotopic (exact) mass is 348 g/mol. The van der Waals surface area contributed by atoms with E-state index in [1.807, 2.05) is 37.3 Å². The molecule has 0 N–H and O–H groups in total. The molecule has 4 atom stereocenters. The van der Waals surface area contributed by atoms with E-state index in [-0.39, 0.29) is 5.92 Å². The molecule has 0 amide bonds. The number of hydrogen-bond donors (Lipinski definition) is 0. The Kier molecular flexibility index (Phi) is 5.76. The second kappa shape index (κ2) is 7.80. The van der Waals surface area contributed by atoms with Crippen molar-refractivity contribution in [2.75, 3.05) is 12.4 Å². The summed E-state index contributed by atoms with van der Waals surface area (Å²) in [6.07, 6.45) is 4.77. The minimum atomic E-state index is 0.205. The Morgan fingerprint density at radius 2 is 2.00 bits per heavy atom. The molecular formula is C19H24O2S2. The number of ether oxygens (including phenoxy) is 1. The van der Waals surface area contributed by atoms with E-state index in [1.165, 1.54) is 19.3 Å². The summed E-state index contributed by atoms with van der Waals surface area (Å²) in [6.45, 7) is 2.60. The number of carbonyl (C=O) groups is 1. The normalized spacial score (nSPS) is 29.3. The summed E-state index contributed by atoms with van der Waals surface area (Å²) in [5.74, 6) is 3.43. The summed E-state index contributed by atoms with van der Waals surface area (Å²) in [7, 11) is 0. The van der Waals surface area contributed by atoms with Gasteiger partial charge in [-0.15, -0.1) is 0 Å². The first-order valence-corrected chi connectivity index (χ1v) is 9.99. The topological polar surface area (TPSA) is 26.3 Å². The summed E-state index contributed by atoms with van der Waals surface area (Å²) in [4.78, 5) is 12.9. The highest BCUT2D eigenvalue weighted by molar-refractivity contribution is 8.22. The van der Waals surface area contributed by atoms with Gasteiger partial charge in [-0.25, -0.2) is 0 Å². The van der Waals surface area contributed by atoms with E-state index >= 15 is 0 Å². The van der Waals surface area contributed by atoms with Crippen molar-refractivity contribution in [3.63, 3.8) is 0 Å². The molecule has 0 spiro atoms. The zero-order valence-electron chi connectivity index (χ0n) is 13.6. The molecule has 0 saturated heterocycles. The van der Waals surface area contributed by atoms with Crippen LogP contribution in [0.25, 0.3) is 0 Å². The second-order valence-corrected chi connectivity index (χ2v) is 8.21. The van der Waals surface area contributed by atoms with Gasteiger partial charge < -0.3 is 4.74 Å². The van der Waals surface area contributed by atoms with Crippen LogP contribution >= 0.6 is 24.0 Å². The third-order valence-electron chi connectivity index (χ3n) is 5.38. The van der Waals surface area contributed by atoms with Gasteiger partial charge in [-0.05, 0) is 56.2 Å². The van der Waals surface area contributed by atoms with Gasteiger partial charge in [-0.1, -0.05) is 48.5 Å². The van der Waals surface area contributed by atoms with Crippen molar-refractivity contribution >= 4 is 34.1 Å². The lowest BCUT2D eigenvalue weighted by molar-refractivity contribution is 0.0885. The van der Waals surface area contributed by atoms with Crippen LogP contribution in [0, 0.1) is 23.7 Å². The van der Waals surface area contributed by atoms with Crippen molar-refractivity contribution in [3.8, 4) is 0 Å². The average Bonchev–Trinajstić information content (AvgIpc) is 3.16. The molecular weight excluding hydrogens is 324 g/mol. The number of thiocarbonyl (C=S) groups is 1. The van der Waals surface area contributed by atoms with Gasteiger partial charge >= 0.3 is 0 Å². The first kappa shape index (κ1) is 17.0. The molecule has 0 bridgehead atoms. The highest BCUT2D eigenvalue weighted by atomic mass is 32.2. The first-order valence-electron chi connectivity index (χ1n) is 8.59. The highest BCUT2D eigenvalue weighted by Gasteiger charge is 2.48. The molecule has 2 nitrogen and oxygen atoms in total. The SMILES string of the molecule is CCOC(=S)SCC1CC(C(=O)c2ccccc2)C2CCCC12. The highest BCUT2D eigenvalue weighted by Crippen LogP contribution is 2.52. The molecule has 4 unspecified atom stereocenters. The maximum atomic E-state index is 12.9. The Bertz CT molecular complexity index is 558. The lowest BCUT2D eigenvalue weighted by atomic mass is 9.86. The molecule has 124 valence electrons. The van der Waals surface area contributed by atoms with E-state index < -0.39 is 0 Å². The molecule has 2 aliphatic carbocycles. The maximum absolute atomic E-state index is 12.9. The number of thioether (sulfide) groups is 1. The molecule has 1 aromatic carbocycles. The van der Waals surface area contributed by atoms with Gasteiger partial charge in [-0.2, -0.15) is 0 Å². The van der Waals surface area contributed by atoms with Crippen molar-refractivity contribution < 1.29 is 9.53 Å². The van der Waals surface area contributed by atoms with Crippen LogP contribution in [-0.4, -0.2) is 22.5 Å². The fourth-order valence-corrected chi connectivity index (χ4v) is 5.68. The molecule has 2 fully saturated rings. The number of carbonyl (C=O) groups excluding carboxylic acids is 1. The molecule has 0 radical (unpaired) electrons. The summed E-state index contributed by atoms with van der Waals surface area (Å²) in [6, 6.07) is 9.80. The summed E-state index contributed by atoms with van der Waals surface area (Å²) < 4.78 is 6.04. The maximum Gasteiger partial charge on any atom is 0.219 e. The zero-order valence-corrected chi connectivity index (χ0v) is 15.2. The van der Waals surface area contributed by atoms with Crippen LogP contribution in [0.1, 0.15) is 43.0 Å². The van der Waals surface area contributed by atoms with Crippen molar-refractivity contribution in [1.82, 2.24) is 0 Å². The number of rotatable bonds is 5. The van der Waals surface area contributed by atoms with E-state index in [2.05, 4.69) is 0 Å². The van der Waals surface area contributed by atoms with Crippen molar-refractivity contribution in [2.24, 2.45) is 23.7 Å². The van der Waals surface area contributed by atoms with Crippen LogP contribution in [0.4, 0.5) is 0 Å². The van der Waals surface area contributed by atoms with Gasteiger partial charge in [0.25, 0.3) is 0 Å². The van der Waals surface area contributed by atoms with Crippen molar-refractivity contribution in [2.45, 2.75) is 32.6 Å². The van der Waals surface area contributed by atoms with Gasteiger partial charge in [0.2, 0.25) is 4.38 Å².